The number of carbonyl (C=O) groups is 1. The van der Waals surface area contributed by atoms with Crippen molar-refractivity contribution in [3.63, 3.8) is 0 Å². The number of amides is 1. The Morgan fingerprint density at radius 1 is 1.43 bits per heavy atom. The van der Waals surface area contributed by atoms with Gasteiger partial charge in [-0.1, -0.05) is 6.92 Å². The molecule has 0 radical (unpaired) electrons. The van der Waals surface area contributed by atoms with Crippen LogP contribution in [0.3, 0.4) is 0 Å². The zero-order chi connectivity index (χ0) is 15.2. The second-order valence-corrected chi connectivity index (χ2v) is 5.87. The number of carbonyl (C=O) groups excluding carboxylic acids is 1. The maximum Gasteiger partial charge on any atom is 0.251 e. The quantitative estimate of drug-likeness (QED) is 0.647. The lowest BCUT2D eigenvalue weighted by Gasteiger charge is -2.30. The summed E-state index contributed by atoms with van der Waals surface area (Å²) in [5.41, 5.74) is 5.77. The summed E-state index contributed by atoms with van der Waals surface area (Å²) in [4.78, 5) is 14.3. The average molecular weight is 293 g/mol. The number of hydrogen-bond acceptors (Lipinski definition) is 3. The molecule has 1 saturated heterocycles. The van der Waals surface area contributed by atoms with E-state index in [1.807, 2.05) is 0 Å². The lowest BCUT2D eigenvalue weighted by Crippen LogP contribution is -2.35. The van der Waals surface area contributed by atoms with Gasteiger partial charge in [-0.2, -0.15) is 0 Å². The number of halogens is 1. The first-order chi connectivity index (χ1) is 10.1. The molecule has 116 valence electrons. The Morgan fingerprint density at radius 3 is 2.81 bits per heavy atom. The maximum atomic E-state index is 13.3. The number of rotatable bonds is 5. The van der Waals surface area contributed by atoms with Crippen molar-refractivity contribution in [1.29, 1.82) is 0 Å². The molecular formula is C16H24FN3O. The summed E-state index contributed by atoms with van der Waals surface area (Å²) >= 11 is 0. The van der Waals surface area contributed by atoms with Crippen LogP contribution in [0.25, 0.3) is 0 Å². The fourth-order valence-electron chi connectivity index (χ4n) is 2.56. The minimum absolute atomic E-state index is 0.0610. The van der Waals surface area contributed by atoms with Crippen molar-refractivity contribution >= 4 is 11.6 Å². The van der Waals surface area contributed by atoms with Gasteiger partial charge in [-0.3, -0.25) is 4.79 Å². The molecule has 21 heavy (non-hydrogen) atoms. The highest BCUT2D eigenvalue weighted by Gasteiger charge is 2.15. The first-order valence-corrected chi connectivity index (χ1v) is 7.62. The SMILES string of the molecule is CC1CCN(CCCNC(=O)c2ccc(N)c(F)c2)CC1. The van der Waals surface area contributed by atoms with Gasteiger partial charge in [-0.25, -0.2) is 4.39 Å². The molecule has 0 saturated carbocycles. The second-order valence-electron chi connectivity index (χ2n) is 5.87. The van der Waals surface area contributed by atoms with Gasteiger partial charge in [0.05, 0.1) is 5.69 Å². The van der Waals surface area contributed by atoms with E-state index in [1.165, 1.54) is 25.0 Å². The van der Waals surface area contributed by atoms with Gasteiger partial charge in [0, 0.05) is 12.1 Å². The van der Waals surface area contributed by atoms with Crippen LogP contribution in [-0.4, -0.2) is 37.0 Å². The van der Waals surface area contributed by atoms with Gasteiger partial charge in [-0.15, -0.1) is 0 Å². The summed E-state index contributed by atoms with van der Waals surface area (Å²) in [6, 6.07) is 4.13. The predicted octanol–water partition coefficient (Wildman–Crippen LogP) is 2.26. The number of anilines is 1. The Hall–Kier alpha value is -1.62. The van der Waals surface area contributed by atoms with E-state index in [0.717, 1.165) is 32.0 Å². The van der Waals surface area contributed by atoms with Crippen LogP contribution in [0.4, 0.5) is 10.1 Å². The smallest absolute Gasteiger partial charge is 0.251 e. The molecule has 0 bridgehead atoms. The zero-order valence-corrected chi connectivity index (χ0v) is 12.6. The molecule has 0 unspecified atom stereocenters. The summed E-state index contributed by atoms with van der Waals surface area (Å²) in [5, 5.41) is 2.82. The van der Waals surface area contributed by atoms with E-state index in [-0.39, 0.29) is 11.6 Å². The molecule has 3 N–H and O–H groups in total. The Bertz CT molecular complexity index is 484. The molecule has 1 fully saturated rings. The van der Waals surface area contributed by atoms with E-state index in [0.29, 0.717) is 12.1 Å². The number of nitrogens with two attached hydrogens (primary N) is 1. The van der Waals surface area contributed by atoms with Gasteiger partial charge in [0.2, 0.25) is 0 Å². The highest BCUT2D eigenvalue weighted by atomic mass is 19.1. The monoisotopic (exact) mass is 293 g/mol. The van der Waals surface area contributed by atoms with Gasteiger partial charge >= 0.3 is 0 Å². The van der Waals surface area contributed by atoms with E-state index in [4.69, 9.17) is 5.73 Å². The first kappa shape index (κ1) is 15.8. The standard InChI is InChI=1S/C16H24FN3O/c1-12-5-9-20(10-6-12)8-2-7-19-16(21)13-3-4-15(18)14(17)11-13/h3-4,11-12H,2,5-10,18H2,1H3,(H,19,21). The maximum absolute atomic E-state index is 13.3. The number of likely N-dealkylation sites (tertiary alicyclic amines) is 1. The predicted molar refractivity (Wildman–Crippen MR) is 82.6 cm³/mol. The molecule has 1 amide bonds. The number of piperidine rings is 1. The van der Waals surface area contributed by atoms with Gasteiger partial charge in [0.1, 0.15) is 5.82 Å². The molecule has 1 heterocycles. The third-order valence-corrected chi connectivity index (χ3v) is 4.08. The highest BCUT2D eigenvalue weighted by molar-refractivity contribution is 5.94. The first-order valence-electron chi connectivity index (χ1n) is 7.62. The molecule has 1 aliphatic rings. The number of nitrogens with one attached hydrogen (secondary N) is 1. The molecule has 1 aliphatic heterocycles. The molecule has 0 aromatic heterocycles. The Labute approximate surface area is 125 Å². The molecule has 0 spiro atoms. The third kappa shape index (κ3) is 4.70. The van der Waals surface area contributed by atoms with Crippen molar-refractivity contribution in [3.05, 3.63) is 29.6 Å². The molecule has 2 rings (SSSR count). The molecule has 0 atom stereocenters. The summed E-state index contributed by atoms with van der Waals surface area (Å²) < 4.78 is 13.3. The van der Waals surface area contributed by atoms with Crippen molar-refractivity contribution in [2.75, 3.05) is 31.9 Å². The molecule has 4 nitrogen and oxygen atoms in total. The number of benzene rings is 1. The zero-order valence-electron chi connectivity index (χ0n) is 12.6. The third-order valence-electron chi connectivity index (χ3n) is 4.08. The van der Waals surface area contributed by atoms with Gasteiger partial charge in [-0.05, 0) is 63.0 Å². The Balaban J connectivity index is 1.68. The van der Waals surface area contributed by atoms with Gasteiger partial charge < -0.3 is 16.0 Å². The van der Waals surface area contributed by atoms with Crippen LogP contribution in [0, 0.1) is 11.7 Å². The number of nitrogens with zero attached hydrogens (tertiary/aromatic N) is 1. The van der Waals surface area contributed by atoms with Crippen LogP contribution < -0.4 is 11.1 Å². The van der Waals surface area contributed by atoms with Gasteiger partial charge in [0.25, 0.3) is 5.91 Å². The summed E-state index contributed by atoms with van der Waals surface area (Å²) in [6.45, 7) is 6.21. The molecular weight excluding hydrogens is 269 g/mol. The van der Waals surface area contributed by atoms with Crippen LogP contribution in [0.1, 0.15) is 36.5 Å². The van der Waals surface area contributed by atoms with Crippen molar-refractivity contribution in [1.82, 2.24) is 10.2 Å². The highest BCUT2D eigenvalue weighted by Crippen LogP contribution is 2.15. The van der Waals surface area contributed by atoms with Crippen LogP contribution in [0.15, 0.2) is 18.2 Å². The number of hydrogen-bond donors (Lipinski definition) is 2. The molecule has 1 aromatic rings. The number of nitrogen functional groups attached to an aromatic ring is 1. The van der Waals surface area contributed by atoms with E-state index in [9.17, 15) is 9.18 Å². The minimum atomic E-state index is -0.551. The van der Waals surface area contributed by atoms with Gasteiger partial charge in [0.15, 0.2) is 0 Å². The average Bonchev–Trinajstić information content (AvgIpc) is 2.48. The lowest BCUT2D eigenvalue weighted by atomic mass is 9.99. The molecule has 5 heteroatoms. The second kappa shape index (κ2) is 7.41. The van der Waals surface area contributed by atoms with E-state index >= 15 is 0 Å². The van der Waals surface area contributed by atoms with Crippen molar-refractivity contribution in [2.45, 2.75) is 26.2 Å². The van der Waals surface area contributed by atoms with Crippen molar-refractivity contribution in [3.8, 4) is 0 Å². The van der Waals surface area contributed by atoms with E-state index in [1.54, 1.807) is 6.07 Å². The topological polar surface area (TPSA) is 58.4 Å². The van der Waals surface area contributed by atoms with Crippen LogP contribution in [0.5, 0.6) is 0 Å². The fourth-order valence-corrected chi connectivity index (χ4v) is 2.56. The van der Waals surface area contributed by atoms with E-state index < -0.39 is 5.82 Å². The lowest BCUT2D eigenvalue weighted by molar-refractivity contribution is 0.0950. The molecule has 0 aliphatic carbocycles. The van der Waals surface area contributed by atoms with Crippen LogP contribution in [-0.2, 0) is 0 Å². The van der Waals surface area contributed by atoms with Crippen molar-refractivity contribution in [2.24, 2.45) is 5.92 Å². The summed E-state index contributed by atoms with van der Waals surface area (Å²) in [6.07, 6.45) is 3.44. The summed E-state index contributed by atoms with van der Waals surface area (Å²) in [7, 11) is 0. The Morgan fingerprint density at radius 2 is 2.14 bits per heavy atom. The summed E-state index contributed by atoms with van der Waals surface area (Å²) in [5.74, 6) is 0.0348. The normalized spacial score (nSPS) is 16.9. The van der Waals surface area contributed by atoms with E-state index in [2.05, 4.69) is 17.1 Å². The minimum Gasteiger partial charge on any atom is -0.396 e. The fraction of sp³-hybridized carbons (Fsp3) is 0.562. The molecule has 1 aromatic carbocycles. The Kier molecular flexibility index (Phi) is 5.56. The van der Waals surface area contributed by atoms with Crippen LogP contribution in [0.2, 0.25) is 0 Å². The van der Waals surface area contributed by atoms with Crippen LogP contribution >= 0.6 is 0 Å². The van der Waals surface area contributed by atoms with Crippen molar-refractivity contribution < 1.29 is 9.18 Å². The largest absolute Gasteiger partial charge is 0.396 e.